The number of ether oxygens (including phenoxy) is 2. The van der Waals surface area contributed by atoms with E-state index in [0.29, 0.717) is 5.75 Å². The van der Waals surface area contributed by atoms with Crippen LogP contribution < -0.4 is 9.47 Å². The molecule has 104 valence electrons. The number of nitro groups is 1. The van der Waals surface area contributed by atoms with Crippen LogP contribution in [0, 0.1) is 17.0 Å². The third-order valence-corrected chi connectivity index (χ3v) is 3.07. The molecule has 0 unspecified atom stereocenters. The van der Waals surface area contributed by atoms with Gasteiger partial charge in [0.1, 0.15) is 5.75 Å². The molecule has 6 nitrogen and oxygen atoms in total. The molecular weight excluding hydrogens is 328 g/mol. The molecule has 0 radical (unpaired) electrons. The maximum Gasteiger partial charge on any atom is 0.331 e. The fourth-order valence-corrected chi connectivity index (χ4v) is 1.87. The molecule has 0 atom stereocenters. The highest BCUT2D eigenvalue weighted by molar-refractivity contribution is 9.10. The van der Waals surface area contributed by atoms with E-state index in [2.05, 4.69) is 20.9 Å². The number of benzene rings is 1. The molecule has 1 aromatic heterocycles. The van der Waals surface area contributed by atoms with Gasteiger partial charge >= 0.3 is 11.6 Å². The summed E-state index contributed by atoms with van der Waals surface area (Å²) in [6.45, 7) is 1.84. The van der Waals surface area contributed by atoms with Gasteiger partial charge in [0, 0.05) is 16.6 Å². The Morgan fingerprint density at radius 3 is 2.70 bits per heavy atom. The molecule has 0 amide bonds. The summed E-state index contributed by atoms with van der Waals surface area (Å²) in [7, 11) is 1.43. The monoisotopic (exact) mass is 338 g/mol. The number of hydrogen-bond acceptors (Lipinski definition) is 5. The predicted molar refractivity (Wildman–Crippen MR) is 76.4 cm³/mol. The summed E-state index contributed by atoms with van der Waals surface area (Å²) in [5.74, 6) is 0.636. The van der Waals surface area contributed by atoms with Crippen LogP contribution in [0.25, 0.3) is 0 Å². The lowest BCUT2D eigenvalue weighted by molar-refractivity contribution is -0.386. The lowest BCUT2D eigenvalue weighted by Gasteiger charge is -2.09. The van der Waals surface area contributed by atoms with Crippen molar-refractivity contribution in [3.05, 3.63) is 50.5 Å². The fourth-order valence-electron chi connectivity index (χ4n) is 1.53. The van der Waals surface area contributed by atoms with E-state index in [0.717, 1.165) is 10.0 Å². The van der Waals surface area contributed by atoms with E-state index in [9.17, 15) is 10.1 Å². The average Bonchev–Trinajstić information content (AvgIpc) is 2.42. The summed E-state index contributed by atoms with van der Waals surface area (Å²) < 4.78 is 11.3. The fraction of sp³-hybridized carbons (Fsp3) is 0.154. The standard InChI is InChI=1S/C13H11BrN2O4/c1-8-3-4-9(14)7-11(8)20-13-10(16(17)18)5-6-12(15-13)19-2/h3-7H,1-2H3. The van der Waals surface area contributed by atoms with Crippen LogP contribution in [0.5, 0.6) is 17.5 Å². The molecule has 2 rings (SSSR count). The van der Waals surface area contributed by atoms with Crippen molar-refractivity contribution in [2.45, 2.75) is 6.92 Å². The molecule has 0 N–H and O–H groups in total. The summed E-state index contributed by atoms with van der Waals surface area (Å²) in [4.78, 5) is 14.4. The molecule has 1 aromatic carbocycles. The van der Waals surface area contributed by atoms with Gasteiger partial charge in [0.25, 0.3) is 0 Å². The van der Waals surface area contributed by atoms with Crippen LogP contribution >= 0.6 is 15.9 Å². The van der Waals surface area contributed by atoms with Gasteiger partial charge in [-0.15, -0.1) is 0 Å². The topological polar surface area (TPSA) is 74.5 Å². The van der Waals surface area contributed by atoms with Crippen molar-refractivity contribution in [1.29, 1.82) is 0 Å². The van der Waals surface area contributed by atoms with Crippen LogP contribution in [0.1, 0.15) is 5.56 Å². The first-order valence-corrected chi connectivity index (χ1v) is 6.44. The maximum absolute atomic E-state index is 11.0. The zero-order valence-electron chi connectivity index (χ0n) is 10.8. The molecule has 0 fully saturated rings. The molecular formula is C13H11BrN2O4. The van der Waals surface area contributed by atoms with Gasteiger partial charge in [0.2, 0.25) is 5.88 Å². The van der Waals surface area contributed by atoms with Crippen molar-refractivity contribution < 1.29 is 14.4 Å². The first kappa shape index (κ1) is 14.3. The lowest BCUT2D eigenvalue weighted by atomic mass is 10.2. The Hall–Kier alpha value is -2.15. The zero-order valence-corrected chi connectivity index (χ0v) is 12.4. The van der Waals surface area contributed by atoms with Crippen LogP contribution in [-0.2, 0) is 0 Å². The summed E-state index contributed by atoms with van der Waals surface area (Å²) >= 11 is 3.33. The van der Waals surface area contributed by atoms with E-state index in [1.165, 1.54) is 19.2 Å². The van der Waals surface area contributed by atoms with Gasteiger partial charge in [-0.2, -0.15) is 4.98 Å². The molecule has 7 heteroatoms. The normalized spacial score (nSPS) is 10.2. The Kier molecular flexibility index (Phi) is 4.19. The second kappa shape index (κ2) is 5.87. The van der Waals surface area contributed by atoms with Gasteiger partial charge in [-0.25, -0.2) is 0 Å². The highest BCUT2D eigenvalue weighted by Gasteiger charge is 2.19. The van der Waals surface area contributed by atoms with Crippen LogP contribution in [-0.4, -0.2) is 17.0 Å². The van der Waals surface area contributed by atoms with Crippen LogP contribution in [0.4, 0.5) is 5.69 Å². The first-order valence-electron chi connectivity index (χ1n) is 5.64. The van der Waals surface area contributed by atoms with Crippen molar-refractivity contribution in [3.63, 3.8) is 0 Å². The second-order valence-corrected chi connectivity index (χ2v) is 4.86. The van der Waals surface area contributed by atoms with Crippen molar-refractivity contribution in [2.24, 2.45) is 0 Å². The van der Waals surface area contributed by atoms with E-state index in [1.807, 2.05) is 19.1 Å². The molecule has 0 aliphatic rings. The highest BCUT2D eigenvalue weighted by Crippen LogP contribution is 2.33. The van der Waals surface area contributed by atoms with Crippen LogP contribution in [0.2, 0.25) is 0 Å². The van der Waals surface area contributed by atoms with E-state index in [1.54, 1.807) is 6.07 Å². The van der Waals surface area contributed by atoms with Gasteiger partial charge in [0.15, 0.2) is 0 Å². The Morgan fingerprint density at radius 1 is 1.30 bits per heavy atom. The van der Waals surface area contributed by atoms with Crippen molar-refractivity contribution in [2.75, 3.05) is 7.11 Å². The number of hydrogen-bond donors (Lipinski definition) is 0. The van der Waals surface area contributed by atoms with Gasteiger partial charge in [0.05, 0.1) is 12.0 Å². The Balaban J connectivity index is 2.45. The second-order valence-electron chi connectivity index (χ2n) is 3.95. The minimum Gasteiger partial charge on any atom is -0.481 e. The Bertz CT molecular complexity index is 661. The minimum atomic E-state index is -0.547. The maximum atomic E-state index is 11.0. The molecule has 2 aromatic rings. The number of halogens is 1. The molecule has 0 aliphatic heterocycles. The number of aromatic nitrogens is 1. The van der Waals surface area contributed by atoms with Crippen molar-refractivity contribution in [3.8, 4) is 17.5 Å². The third-order valence-electron chi connectivity index (χ3n) is 2.58. The molecule has 0 saturated carbocycles. The first-order chi connectivity index (χ1) is 9.51. The highest BCUT2D eigenvalue weighted by atomic mass is 79.9. The molecule has 0 spiro atoms. The van der Waals surface area contributed by atoms with Crippen molar-refractivity contribution in [1.82, 2.24) is 4.98 Å². The van der Waals surface area contributed by atoms with Crippen LogP contribution in [0.15, 0.2) is 34.8 Å². The molecule has 0 bridgehead atoms. The van der Waals surface area contributed by atoms with Gasteiger partial charge < -0.3 is 9.47 Å². The SMILES string of the molecule is COc1ccc([N+](=O)[O-])c(Oc2cc(Br)ccc2C)n1. The molecule has 0 aliphatic carbocycles. The largest absolute Gasteiger partial charge is 0.481 e. The smallest absolute Gasteiger partial charge is 0.331 e. The minimum absolute atomic E-state index is 0.101. The van der Waals surface area contributed by atoms with E-state index in [-0.39, 0.29) is 17.4 Å². The van der Waals surface area contributed by atoms with E-state index >= 15 is 0 Å². The van der Waals surface area contributed by atoms with Gasteiger partial charge in [-0.05, 0) is 24.6 Å². The van der Waals surface area contributed by atoms with E-state index in [4.69, 9.17) is 9.47 Å². The van der Waals surface area contributed by atoms with Crippen LogP contribution in [0.3, 0.4) is 0 Å². The summed E-state index contributed by atoms with van der Waals surface area (Å²) in [5, 5.41) is 11.0. The van der Waals surface area contributed by atoms with Gasteiger partial charge in [-0.3, -0.25) is 10.1 Å². The average molecular weight is 339 g/mol. The number of pyridine rings is 1. The zero-order chi connectivity index (χ0) is 14.7. The summed E-state index contributed by atoms with van der Waals surface area (Å²) in [6.07, 6.45) is 0. The summed E-state index contributed by atoms with van der Waals surface area (Å²) in [5.41, 5.74) is 0.622. The number of rotatable bonds is 4. The quantitative estimate of drug-likeness (QED) is 0.625. The van der Waals surface area contributed by atoms with Crippen molar-refractivity contribution >= 4 is 21.6 Å². The predicted octanol–water partition coefficient (Wildman–Crippen LogP) is 3.86. The van der Waals surface area contributed by atoms with Gasteiger partial charge in [-0.1, -0.05) is 22.0 Å². The molecule has 20 heavy (non-hydrogen) atoms. The summed E-state index contributed by atoms with van der Waals surface area (Å²) in [6, 6.07) is 8.13. The molecule has 0 saturated heterocycles. The van der Waals surface area contributed by atoms with E-state index < -0.39 is 4.92 Å². The lowest BCUT2D eigenvalue weighted by Crippen LogP contribution is -1.98. The molecule has 1 heterocycles. The Morgan fingerprint density at radius 2 is 2.05 bits per heavy atom. The third kappa shape index (κ3) is 3.05. The number of aryl methyl sites for hydroxylation is 1. The number of methoxy groups -OCH3 is 1. The Labute approximate surface area is 123 Å². The number of nitrogens with zero attached hydrogens (tertiary/aromatic N) is 2.